The summed E-state index contributed by atoms with van der Waals surface area (Å²) in [6, 6.07) is 20.5. The Morgan fingerprint density at radius 3 is 2.26 bits per heavy atom. The Labute approximate surface area is 182 Å². The van der Waals surface area contributed by atoms with E-state index in [1.165, 1.54) is 26.4 Å². The van der Waals surface area contributed by atoms with Crippen LogP contribution in [-0.2, 0) is 21.2 Å². The third-order valence-electron chi connectivity index (χ3n) is 4.58. The van der Waals surface area contributed by atoms with E-state index < -0.39 is 10.0 Å². The van der Waals surface area contributed by atoms with Crippen LogP contribution in [0.3, 0.4) is 0 Å². The van der Waals surface area contributed by atoms with Crippen molar-refractivity contribution in [2.24, 2.45) is 0 Å². The van der Waals surface area contributed by atoms with Crippen LogP contribution in [0.4, 0.5) is 11.4 Å². The van der Waals surface area contributed by atoms with Crippen LogP contribution in [0.25, 0.3) is 0 Å². The Balaban J connectivity index is 1.64. The fraction of sp³-hybridized carbons (Fsp3) is 0.174. The topological polar surface area (TPSA) is 93.7 Å². The molecular formula is C23H24N2O5S. The summed E-state index contributed by atoms with van der Waals surface area (Å²) < 4.78 is 38.3. The normalized spacial score (nSPS) is 10.9. The van der Waals surface area contributed by atoms with Gasteiger partial charge in [-0.25, -0.2) is 8.42 Å². The second kappa shape index (κ2) is 9.99. The first-order valence-electron chi connectivity index (χ1n) is 9.60. The van der Waals surface area contributed by atoms with Gasteiger partial charge in [-0.15, -0.1) is 0 Å². The zero-order valence-corrected chi connectivity index (χ0v) is 18.1. The van der Waals surface area contributed by atoms with Crippen molar-refractivity contribution in [3.8, 4) is 11.5 Å². The second-order valence-electron chi connectivity index (χ2n) is 6.73. The molecule has 31 heavy (non-hydrogen) atoms. The number of sulfonamides is 1. The van der Waals surface area contributed by atoms with E-state index >= 15 is 0 Å². The summed E-state index contributed by atoms with van der Waals surface area (Å²) in [5.74, 6) is 0.748. The molecule has 1 amide bonds. The van der Waals surface area contributed by atoms with Crippen LogP contribution >= 0.6 is 0 Å². The van der Waals surface area contributed by atoms with Crippen molar-refractivity contribution in [3.63, 3.8) is 0 Å². The van der Waals surface area contributed by atoms with Gasteiger partial charge in [0.25, 0.3) is 10.0 Å². The number of carbonyl (C=O) groups excluding carboxylic acids is 1. The Kier molecular flexibility index (Phi) is 7.15. The smallest absolute Gasteiger partial charge is 0.262 e. The van der Waals surface area contributed by atoms with Crippen LogP contribution in [-0.4, -0.2) is 28.5 Å². The number of carbonyl (C=O) groups is 1. The highest BCUT2D eigenvalue weighted by Crippen LogP contribution is 2.31. The monoisotopic (exact) mass is 440 g/mol. The van der Waals surface area contributed by atoms with Crippen molar-refractivity contribution in [1.82, 2.24) is 0 Å². The number of rotatable bonds is 9. The lowest BCUT2D eigenvalue weighted by molar-refractivity contribution is -0.116. The predicted molar refractivity (Wildman–Crippen MR) is 120 cm³/mol. The first-order chi connectivity index (χ1) is 14.9. The highest BCUT2D eigenvalue weighted by molar-refractivity contribution is 7.92. The molecular weight excluding hydrogens is 416 g/mol. The van der Waals surface area contributed by atoms with Crippen LogP contribution in [0.15, 0.2) is 77.7 Å². The SMILES string of the molecule is COc1ccc(NS(=O)(=O)c2ccc(NC(=O)CCc3ccccc3)cc2)c(OC)c1. The molecule has 0 atom stereocenters. The van der Waals surface area contributed by atoms with Gasteiger partial charge in [-0.05, 0) is 48.4 Å². The van der Waals surface area contributed by atoms with Crippen LogP contribution < -0.4 is 19.5 Å². The summed E-state index contributed by atoms with van der Waals surface area (Å²) in [6.45, 7) is 0. The maximum absolute atomic E-state index is 12.7. The minimum atomic E-state index is -3.84. The largest absolute Gasteiger partial charge is 0.497 e. The molecule has 2 N–H and O–H groups in total. The molecule has 3 rings (SSSR count). The molecule has 0 unspecified atom stereocenters. The van der Waals surface area contributed by atoms with E-state index in [1.54, 1.807) is 30.3 Å². The van der Waals surface area contributed by atoms with Crippen molar-refractivity contribution < 1.29 is 22.7 Å². The van der Waals surface area contributed by atoms with Crippen LogP contribution in [0.1, 0.15) is 12.0 Å². The number of hydrogen-bond donors (Lipinski definition) is 2. The molecule has 0 aliphatic rings. The molecule has 0 heterocycles. The zero-order chi connectivity index (χ0) is 22.3. The van der Waals surface area contributed by atoms with Gasteiger partial charge in [0.1, 0.15) is 11.5 Å². The maximum Gasteiger partial charge on any atom is 0.262 e. The quantitative estimate of drug-likeness (QED) is 0.523. The zero-order valence-electron chi connectivity index (χ0n) is 17.3. The fourth-order valence-electron chi connectivity index (χ4n) is 2.93. The molecule has 3 aromatic carbocycles. The third-order valence-corrected chi connectivity index (χ3v) is 5.97. The summed E-state index contributed by atoms with van der Waals surface area (Å²) in [7, 11) is -0.880. The van der Waals surface area contributed by atoms with E-state index in [9.17, 15) is 13.2 Å². The minimum Gasteiger partial charge on any atom is -0.497 e. The van der Waals surface area contributed by atoms with Crippen molar-refractivity contribution in [2.75, 3.05) is 24.3 Å². The van der Waals surface area contributed by atoms with E-state index in [0.717, 1.165) is 5.56 Å². The molecule has 0 saturated carbocycles. The summed E-state index contributed by atoms with van der Waals surface area (Å²) in [5.41, 5.74) is 1.90. The van der Waals surface area contributed by atoms with Crippen molar-refractivity contribution in [3.05, 3.63) is 78.4 Å². The summed E-state index contributed by atoms with van der Waals surface area (Å²) in [4.78, 5) is 12.2. The average molecular weight is 441 g/mol. The Hall–Kier alpha value is -3.52. The first-order valence-corrected chi connectivity index (χ1v) is 11.1. The van der Waals surface area contributed by atoms with E-state index in [-0.39, 0.29) is 10.8 Å². The van der Waals surface area contributed by atoms with Crippen LogP contribution in [0, 0.1) is 0 Å². The van der Waals surface area contributed by atoms with Gasteiger partial charge in [0.2, 0.25) is 5.91 Å². The van der Waals surface area contributed by atoms with E-state index in [2.05, 4.69) is 10.0 Å². The summed E-state index contributed by atoms with van der Waals surface area (Å²) in [6.07, 6.45) is 0.968. The standard InChI is InChI=1S/C23H24N2O5S/c1-29-19-11-14-21(22(16-19)30-2)25-31(27,28)20-12-9-18(10-13-20)24-23(26)15-8-17-6-4-3-5-7-17/h3-7,9-14,16,25H,8,15H2,1-2H3,(H,24,26). The van der Waals surface area contributed by atoms with Gasteiger partial charge in [-0.1, -0.05) is 30.3 Å². The molecule has 0 saturated heterocycles. The minimum absolute atomic E-state index is 0.0626. The number of methoxy groups -OCH3 is 2. The van der Waals surface area contributed by atoms with Gasteiger partial charge in [0.05, 0.1) is 24.8 Å². The lowest BCUT2D eigenvalue weighted by Crippen LogP contribution is -2.15. The van der Waals surface area contributed by atoms with Gasteiger partial charge in [0, 0.05) is 18.2 Å². The number of nitrogens with one attached hydrogen (secondary N) is 2. The van der Waals surface area contributed by atoms with E-state index in [4.69, 9.17) is 9.47 Å². The van der Waals surface area contributed by atoms with E-state index in [1.807, 2.05) is 30.3 Å². The van der Waals surface area contributed by atoms with Crippen molar-refractivity contribution in [1.29, 1.82) is 0 Å². The molecule has 162 valence electrons. The van der Waals surface area contributed by atoms with Gasteiger partial charge < -0.3 is 14.8 Å². The third kappa shape index (κ3) is 5.99. The lowest BCUT2D eigenvalue weighted by Gasteiger charge is -2.13. The van der Waals surface area contributed by atoms with Gasteiger partial charge >= 0.3 is 0 Å². The number of aryl methyl sites for hydroxylation is 1. The molecule has 7 nitrogen and oxygen atoms in total. The highest BCUT2D eigenvalue weighted by Gasteiger charge is 2.17. The maximum atomic E-state index is 12.7. The number of benzene rings is 3. The van der Waals surface area contributed by atoms with Gasteiger partial charge in [-0.3, -0.25) is 9.52 Å². The predicted octanol–water partition coefficient (Wildman–Crippen LogP) is 4.08. The molecule has 0 aromatic heterocycles. The highest BCUT2D eigenvalue weighted by atomic mass is 32.2. The van der Waals surface area contributed by atoms with Gasteiger partial charge in [0.15, 0.2) is 0 Å². The molecule has 0 spiro atoms. The Morgan fingerprint density at radius 2 is 1.61 bits per heavy atom. The van der Waals surface area contributed by atoms with Crippen LogP contribution in [0.5, 0.6) is 11.5 Å². The second-order valence-corrected chi connectivity index (χ2v) is 8.41. The molecule has 0 aliphatic carbocycles. The Bertz CT molecular complexity index is 1130. The lowest BCUT2D eigenvalue weighted by atomic mass is 10.1. The molecule has 0 bridgehead atoms. The van der Waals surface area contributed by atoms with E-state index in [0.29, 0.717) is 35.7 Å². The van der Waals surface area contributed by atoms with Crippen molar-refractivity contribution >= 4 is 27.3 Å². The van der Waals surface area contributed by atoms with Gasteiger partial charge in [-0.2, -0.15) is 0 Å². The molecule has 3 aromatic rings. The first kappa shape index (κ1) is 22.2. The molecule has 8 heteroatoms. The number of anilines is 2. The number of amides is 1. The summed E-state index contributed by atoms with van der Waals surface area (Å²) in [5, 5.41) is 2.78. The molecule has 0 radical (unpaired) electrons. The number of hydrogen-bond acceptors (Lipinski definition) is 5. The van der Waals surface area contributed by atoms with Crippen LogP contribution in [0.2, 0.25) is 0 Å². The molecule has 0 fully saturated rings. The Morgan fingerprint density at radius 1 is 0.903 bits per heavy atom. The molecule has 0 aliphatic heterocycles. The number of ether oxygens (including phenoxy) is 2. The summed E-state index contributed by atoms with van der Waals surface area (Å²) >= 11 is 0. The average Bonchev–Trinajstić information content (AvgIpc) is 2.79. The fourth-order valence-corrected chi connectivity index (χ4v) is 4.00. The van der Waals surface area contributed by atoms with Crippen molar-refractivity contribution in [2.45, 2.75) is 17.7 Å².